The van der Waals surface area contributed by atoms with Crippen molar-refractivity contribution in [2.24, 2.45) is 5.92 Å². The van der Waals surface area contributed by atoms with Crippen LogP contribution in [0.25, 0.3) is 0 Å². The molecule has 1 aliphatic rings. The topological polar surface area (TPSA) is 73.1 Å². The molecule has 1 saturated carbocycles. The van der Waals surface area contributed by atoms with Gasteiger partial charge in [-0.2, -0.15) is 4.98 Å². The molecule has 0 aliphatic heterocycles. The maximum atomic E-state index is 6.20. The van der Waals surface area contributed by atoms with Crippen molar-refractivity contribution >= 4 is 11.5 Å². The molecule has 1 aromatic rings. The molecule has 1 heterocycles. The standard InChI is InChI=1S/C16H28N4O/c1-4-10-21-16-14(17)15(19-13(5-2)20-16)18-12-9-7-6-8-11(12)3/h11-12H,4-10,17H2,1-3H3,(H,18,19,20). The van der Waals surface area contributed by atoms with Crippen molar-refractivity contribution in [3.8, 4) is 5.88 Å². The second-order valence-electron chi connectivity index (χ2n) is 5.92. The SMILES string of the molecule is CCCOc1nc(CC)nc(NC2CCCCC2C)c1N. The van der Waals surface area contributed by atoms with Gasteiger partial charge in [-0.05, 0) is 25.2 Å². The van der Waals surface area contributed by atoms with E-state index in [4.69, 9.17) is 10.5 Å². The van der Waals surface area contributed by atoms with Crippen LogP contribution in [0.2, 0.25) is 0 Å². The van der Waals surface area contributed by atoms with Crippen molar-refractivity contribution in [1.29, 1.82) is 0 Å². The molecule has 21 heavy (non-hydrogen) atoms. The number of nitrogen functional groups attached to an aromatic ring is 1. The first-order chi connectivity index (χ1) is 10.2. The van der Waals surface area contributed by atoms with Gasteiger partial charge in [-0.1, -0.05) is 33.6 Å². The number of rotatable bonds is 6. The van der Waals surface area contributed by atoms with Crippen LogP contribution in [0.15, 0.2) is 0 Å². The van der Waals surface area contributed by atoms with Gasteiger partial charge in [0.05, 0.1) is 6.61 Å². The fourth-order valence-corrected chi connectivity index (χ4v) is 2.78. The number of hydrogen-bond donors (Lipinski definition) is 2. The molecule has 1 aliphatic carbocycles. The summed E-state index contributed by atoms with van der Waals surface area (Å²) in [5.74, 6) is 2.70. The molecule has 0 radical (unpaired) electrons. The highest BCUT2D eigenvalue weighted by molar-refractivity contribution is 5.67. The molecule has 0 aromatic carbocycles. The van der Waals surface area contributed by atoms with Crippen LogP contribution < -0.4 is 15.8 Å². The maximum absolute atomic E-state index is 6.20. The second-order valence-corrected chi connectivity index (χ2v) is 5.92. The van der Waals surface area contributed by atoms with Gasteiger partial charge in [-0.15, -0.1) is 0 Å². The predicted octanol–water partition coefficient (Wildman–Crippen LogP) is 3.40. The Labute approximate surface area is 127 Å². The molecule has 5 heteroatoms. The average Bonchev–Trinajstić information content (AvgIpc) is 2.50. The van der Waals surface area contributed by atoms with Gasteiger partial charge in [0, 0.05) is 12.5 Å². The summed E-state index contributed by atoms with van der Waals surface area (Å²) >= 11 is 0. The molecule has 1 aromatic heterocycles. The number of nitrogens with zero attached hydrogens (tertiary/aromatic N) is 2. The Balaban J connectivity index is 2.20. The highest BCUT2D eigenvalue weighted by Crippen LogP contribution is 2.31. The molecular weight excluding hydrogens is 264 g/mol. The summed E-state index contributed by atoms with van der Waals surface area (Å²) in [5.41, 5.74) is 6.74. The molecule has 0 bridgehead atoms. The van der Waals surface area contributed by atoms with Crippen molar-refractivity contribution in [2.45, 2.75) is 65.3 Å². The highest BCUT2D eigenvalue weighted by atomic mass is 16.5. The van der Waals surface area contributed by atoms with E-state index in [-0.39, 0.29) is 0 Å². The van der Waals surface area contributed by atoms with E-state index in [1.54, 1.807) is 0 Å². The van der Waals surface area contributed by atoms with Crippen molar-refractivity contribution in [1.82, 2.24) is 9.97 Å². The minimum Gasteiger partial charge on any atom is -0.476 e. The zero-order valence-electron chi connectivity index (χ0n) is 13.5. The molecule has 3 N–H and O–H groups in total. The van der Waals surface area contributed by atoms with Crippen LogP contribution >= 0.6 is 0 Å². The summed E-state index contributed by atoms with van der Waals surface area (Å²) in [5, 5.41) is 3.53. The summed E-state index contributed by atoms with van der Waals surface area (Å²) in [7, 11) is 0. The van der Waals surface area contributed by atoms with Crippen molar-refractivity contribution in [3.63, 3.8) is 0 Å². The molecule has 5 nitrogen and oxygen atoms in total. The van der Waals surface area contributed by atoms with Gasteiger partial charge >= 0.3 is 0 Å². The summed E-state index contributed by atoms with van der Waals surface area (Å²) in [6.45, 7) is 7.04. The number of aromatic nitrogens is 2. The van der Waals surface area contributed by atoms with Gasteiger partial charge in [0.25, 0.3) is 0 Å². The first-order valence-corrected chi connectivity index (χ1v) is 8.21. The van der Waals surface area contributed by atoms with E-state index in [9.17, 15) is 0 Å². The van der Waals surface area contributed by atoms with Crippen molar-refractivity contribution < 1.29 is 4.74 Å². The smallest absolute Gasteiger partial charge is 0.242 e. The average molecular weight is 292 g/mol. The van der Waals surface area contributed by atoms with Crippen LogP contribution in [0.4, 0.5) is 11.5 Å². The fourth-order valence-electron chi connectivity index (χ4n) is 2.78. The Bertz CT molecular complexity index is 464. The van der Waals surface area contributed by atoms with Crippen LogP contribution in [-0.4, -0.2) is 22.6 Å². The van der Waals surface area contributed by atoms with Gasteiger partial charge in [-0.3, -0.25) is 0 Å². The number of nitrogens with two attached hydrogens (primary N) is 1. The van der Waals surface area contributed by atoms with Gasteiger partial charge in [0.15, 0.2) is 5.82 Å². The largest absolute Gasteiger partial charge is 0.476 e. The number of ether oxygens (including phenoxy) is 1. The van der Waals surface area contributed by atoms with Gasteiger partial charge < -0.3 is 15.8 Å². The summed E-state index contributed by atoms with van der Waals surface area (Å²) in [4.78, 5) is 8.96. The van der Waals surface area contributed by atoms with E-state index in [0.29, 0.717) is 30.1 Å². The fraction of sp³-hybridized carbons (Fsp3) is 0.750. The number of anilines is 2. The van der Waals surface area contributed by atoms with E-state index in [1.807, 2.05) is 6.92 Å². The quantitative estimate of drug-likeness (QED) is 0.840. The van der Waals surface area contributed by atoms with E-state index in [2.05, 4.69) is 29.1 Å². The molecule has 1 fully saturated rings. The molecule has 118 valence electrons. The minimum atomic E-state index is 0.444. The number of aryl methyl sites for hydroxylation is 1. The third kappa shape index (κ3) is 3.99. The summed E-state index contributed by atoms with van der Waals surface area (Å²) in [6.07, 6.45) is 6.75. The molecule has 0 spiro atoms. The molecule has 2 unspecified atom stereocenters. The minimum absolute atomic E-state index is 0.444. The van der Waals surface area contributed by atoms with Crippen LogP contribution in [0.5, 0.6) is 5.88 Å². The Hall–Kier alpha value is -1.52. The van der Waals surface area contributed by atoms with E-state index < -0.39 is 0 Å². The lowest BCUT2D eigenvalue weighted by molar-refractivity contribution is 0.305. The Morgan fingerprint density at radius 2 is 2.00 bits per heavy atom. The predicted molar refractivity (Wildman–Crippen MR) is 86.7 cm³/mol. The molecule has 0 amide bonds. The lowest BCUT2D eigenvalue weighted by Gasteiger charge is -2.30. The molecule has 0 saturated heterocycles. The Morgan fingerprint density at radius 3 is 2.67 bits per heavy atom. The normalized spacial score (nSPS) is 22.0. The first kappa shape index (κ1) is 15.9. The van der Waals surface area contributed by atoms with E-state index >= 15 is 0 Å². The zero-order valence-corrected chi connectivity index (χ0v) is 13.5. The third-order valence-corrected chi connectivity index (χ3v) is 4.15. The van der Waals surface area contributed by atoms with Crippen LogP contribution in [0, 0.1) is 5.92 Å². The number of nitrogens with one attached hydrogen (secondary N) is 1. The lowest BCUT2D eigenvalue weighted by Crippen LogP contribution is -2.31. The first-order valence-electron chi connectivity index (χ1n) is 8.21. The van der Waals surface area contributed by atoms with Crippen LogP contribution in [0.1, 0.15) is 58.7 Å². The Kier molecular flexibility index (Phi) is 5.65. The number of hydrogen-bond acceptors (Lipinski definition) is 5. The highest BCUT2D eigenvalue weighted by Gasteiger charge is 2.23. The molecular formula is C16H28N4O. The lowest BCUT2D eigenvalue weighted by atomic mass is 9.86. The second kappa shape index (κ2) is 7.48. The van der Waals surface area contributed by atoms with Crippen molar-refractivity contribution in [2.75, 3.05) is 17.7 Å². The third-order valence-electron chi connectivity index (χ3n) is 4.15. The van der Waals surface area contributed by atoms with Gasteiger partial charge in [0.1, 0.15) is 11.5 Å². The van der Waals surface area contributed by atoms with Gasteiger partial charge in [-0.25, -0.2) is 4.98 Å². The summed E-state index contributed by atoms with van der Waals surface area (Å²) in [6, 6.07) is 0.444. The van der Waals surface area contributed by atoms with Gasteiger partial charge in [0.2, 0.25) is 5.88 Å². The van der Waals surface area contributed by atoms with Crippen molar-refractivity contribution in [3.05, 3.63) is 5.82 Å². The van der Waals surface area contributed by atoms with E-state index in [1.165, 1.54) is 25.7 Å². The zero-order chi connectivity index (χ0) is 15.2. The van der Waals surface area contributed by atoms with Crippen LogP contribution in [0.3, 0.4) is 0 Å². The maximum Gasteiger partial charge on any atom is 0.242 e. The Morgan fingerprint density at radius 1 is 1.24 bits per heavy atom. The summed E-state index contributed by atoms with van der Waals surface area (Å²) < 4.78 is 5.67. The monoisotopic (exact) mass is 292 g/mol. The molecule has 2 atom stereocenters. The van der Waals surface area contributed by atoms with Crippen LogP contribution in [-0.2, 0) is 6.42 Å². The van der Waals surface area contributed by atoms with E-state index in [0.717, 1.165) is 24.5 Å². The molecule has 2 rings (SSSR count).